The highest BCUT2D eigenvalue weighted by molar-refractivity contribution is 8.00. The maximum Gasteiger partial charge on any atom is 0.246 e. The Labute approximate surface area is 150 Å². The van der Waals surface area contributed by atoms with Crippen LogP contribution in [0.25, 0.3) is 11.4 Å². The van der Waals surface area contributed by atoms with Crippen molar-refractivity contribution in [2.24, 2.45) is 0 Å². The quantitative estimate of drug-likeness (QED) is 0.682. The Bertz CT molecular complexity index is 849. The number of hydrogen-bond acceptors (Lipinski definition) is 5. The zero-order valence-electron chi connectivity index (χ0n) is 14.1. The Balaban J connectivity index is 1.56. The van der Waals surface area contributed by atoms with Gasteiger partial charge in [0.05, 0.1) is 11.8 Å². The van der Waals surface area contributed by atoms with Gasteiger partial charge in [-0.1, -0.05) is 47.1 Å². The topological polar surface area (TPSA) is 68.0 Å². The number of hydrogen-bond donors (Lipinski definition) is 1. The van der Waals surface area contributed by atoms with Crippen LogP contribution in [0.3, 0.4) is 0 Å². The summed E-state index contributed by atoms with van der Waals surface area (Å²) in [5.74, 6) is 0.852. The molecule has 0 unspecified atom stereocenters. The maximum absolute atomic E-state index is 12.2. The van der Waals surface area contributed by atoms with Crippen molar-refractivity contribution in [3.8, 4) is 11.4 Å². The van der Waals surface area contributed by atoms with E-state index in [1.54, 1.807) is 0 Å². The Morgan fingerprint density at radius 1 is 1.20 bits per heavy atom. The van der Waals surface area contributed by atoms with Crippen LogP contribution in [0, 0.1) is 6.92 Å². The summed E-state index contributed by atoms with van der Waals surface area (Å²) in [5.41, 5.74) is 2.03. The highest BCUT2D eigenvalue weighted by Gasteiger charge is 2.16. The lowest BCUT2D eigenvalue weighted by Gasteiger charge is -2.10. The molecule has 1 aromatic heterocycles. The van der Waals surface area contributed by atoms with Crippen LogP contribution in [0.4, 0.5) is 0 Å². The summed E-state index contributed by atoms with van der Waals surface area (Å²) in [6.07, 6.45) is 0. The Hall–Kier alpha value is -2.60. The second-order valence-corrected chi connectivity index (χ2v) is 7.09. The molecule has 1 N–H and O–H groups in total. The molecule has 128 valence electrons. The number of nitrogens with zero attached hydrogens (tertiary/aromatic N) is 2. The summed E-state index contributed by atoms with van der Waals surface area (Å²) in [6.45, 7) is 4.10. The minimum Gasteiger partial charge on any atom is -0.346 e. The van der Waals surface area contributed by atoms with Gasteiger partial charge < -0.3 is 9.84 Å². The molecule has 0 aliphatic carbocycles. The van der Waals surface area contributed by atoms with Crippen molar-refractivity contribution < 1.29 is 9.32 Å². The van der Waals surface area contributed by atoms with Crippen molar-refractivity contribution in [1.29, 1.82) is 0 Å². The van der Waals surface area contributed by atoms with Gasteiger partial charge in [0, 0.05) is 10.5 Å². The Morgan fingerprint density at radius 2 is 2.00 bits per heavy atom. The third-order valence-corrected chi connectivity index (χ3v) is 4.70. The molecular formula is C19H19N3O2S. The minimum atomic E-state index is -0.207. The van der Waals surface area contributed by atoms with Crippen molar-refractivity contribution in [3.63, 3.8) is 0 Å². The van der Waals surface area contributed by atoms with E-state index in [0.29, 0.717) is 11.7 Å². The van der Waals surface area contributed by atoms with Gasteiger partial charge in [-0.15, -0.1) is 11.8 Å². The maximum atomic E-state index is 12.2. The lowest BCUT2D eigenvalue weighted by Crippen LogP contribution is -2.30. The van der Waals surface area contributed by atoms with Crippen LogP contribution in [0.1, 0.15) is 18.4 Å². The second-order valence-electron chi connectivity index (χ2n) is 5.67. The molecule has 25 heavy (non-hydrogen) atoms. The van der Waals surface area contributed by atoms with E-state index in [0.717, 1.165) is 16.0 Å². The van der Waals surface area contributed by atoms with E-state index in [-0.39, 0.29) is 17.7 Å². The molecule has 0 aliphatic heterocycles. The molecule has 0 aliphatic rings. The van der Waals surface area contributed by atoms with Gasteiger partial charge in [0.2, 0.25) is 17.6 Å². The van der Waals surface area contributed by atoms with Crippen molar-refractivity contribution in [1.82, 2.24) is 15.5 Å². The van der Waals surface area contributed by atoms with Gasteiger partial charge in [-0.25, -0.2) is 0 Å². The van der Waals surface area contributed by atoms with Crippen molar-refractivity contribution in [2.75, 3.05) is 0 Å². The number of carbonyl (C=O) groups excluding carboxylic acids is 1. The molecule has 3 rings (SSSR count). The first-order chi connectivity index (χ1) is 12.1. The molecule has 2 aromatic carbocycles. The van der Waals surface area contributed by atoms with Crippen molar-refractivity contribution in [2.45, 2.75) is 30.5 Å². The van der Waals surface area contributed by atoms with Crippen LogP contribution in [0.15, 0.2) is 64.0 Å². The number of carbonyl (C=O) groups is 1. The summed E-state index contributed by atoms with van der Waals surface area (Å²) in [7, 11) is 0. The molecule has 1 atom stereocenters. The minimum absolute atomic E-state index is 0.0656. The molecule has 0 saturated carbocycles. The van der Waals surface area contributed by atoms with Gasteiger partial charge in [0.15, 0.2) is 0 Å². The number of benzene rings is 2. The largest absolute Gasteiger partial charge is 0.346 e. The van der Waals surface area contributed by atoms with Crippen LogP contribution in [-0.2, 0) is 11.3 Å². The molecule has 5 nitrogen and oxygen atoms in total. The van der Waals surface area contributed by atoms with E-state index in [1.165, 1.54) is 11.8 Å². The third-order valence-electron chi connectivity index (χ3n) is 3.58. The van der Waals surface area contributed by atoms with Gasteiger partial charge in [-0.2, -0.15) is 4.98 Å². The molecule has 3 aromatic rings. The molecule has 1 heterocycles. The summed E-state index contributed by atoms with van der Waals surface area (Å²) in [4.78, 5) is 17.6. The summed E-state index contributed by atoms with van der Waals surface area (Å²) in [5, 5.41) is 6.61. The van der Waals surface area contributed by atoms with Crippen molar-refractivity contribution >= 4 is 17.7 Å². The van der Waals surface area contributed by atoms with Gasteiger partial charge in [0.25, 0.3) is 0 Å². The summed E-state index contributed by atoms with van der Waals surface area (Å²) < 4.78 is 5.22. The smallest absolute Gasteiger partial charge is 0.246 e. The molecule has 1 amide bonds. The molecular weight excluding hydrogens is 334 g/mol. The first kappa shape index (κ1) is 17.2. The highest BCUT2D eigenvalue weighted by Crippen LogP contribution is 2.22. The number of aryl methyl sites for hydroxylation is 1. The zero-order chi connectivity index (χ0) is 17.6. The SMILES string of the molecule is Cc1cccc(-c2noc(CNC(=O)[C@H](C)Sc3ccccc3)n2)c1. The first-order valence-corrected chi connectivity index (χ1v) is 8.89. The fourth-order valence-electron chi connectivity index (χ4n) is 2.29. The van der Waals surface area contributed by atoms with Gasteiger partial charge in [0.1, 0.15) is 0 Å². The summed E-state index contributed by atoms with van der Waals surface area (Å²) >= 11 is 1.51. The molecule has 6 heteroatoms. The Morgan fingerprint density at radius 3 is 2.76 bits per heavy atom. The summed E-state index contributed by atoms with van der Waals surface area (Å²) in [6, 6.07) is 17.7. The van der Waals surface area contributed by atoms with Gasteiger partial charge in [-0.05, 0) is 32.0 Å². The lowest BCUT2D eigenvalue weighted by atomic mass is 10.1. The number of nitrogens with one attached hydrogen (secondary N) is 1. The standard InChI is InChI=1S/C19H19N3O2S/c1-13-7-6-8-15(11-13)18-21-17(24-22-18)12-20-19(23)14(2)25-16-9-4-3-5-10-16/h3-11,14H,12H2,1-2H3,(H,20,23)/t14-/m0/s1. The van der Waals surface area contributed by atoms with Gasteiger partial charge >= 0.3 is 0 Å². The molecule has 0 spiro atoms. The monoisotopic (exact) mass is 353 g/mol. The zero-order valence-corrected chi connectivity index (χ0v) is 14.9. The number of thioether (sulfide) groups is 1. The van der Waals surface area contributed by atoms with Crippen LogP contribution in [0.5, 0.6) is 0 Å². The number of aromatic nitrogens is 2. The van der Waals surface area contributed by atoms with E-state index in [1.807, 2.05) is 68.4 Å². The number of rotatable bonds is 6. The van der Waals surface area contributed by atoms with E-state index >= 15 is 0 Å². The van der Waals surface area contributed by atoms with Crippen LogP contribution in [-0.4, -0.2) is 21.3 Å². The predicted octanol–water partition coefficient (Wildman–Crippen LogP) is 3.84. The fraction of sp³-hybridized carbons (Fsp3) is 0.211. The molecule has 0 fully saturated rings. The van der Waals surface area contributed by atoms with Crippen LogP contribution >= 0.6 is 11.8 Å². The van der Waals surface area contributed by atoms with Crippen molar-refractivity contribution in [3.05, 3.63) is 66.1 Å². The lowest BCUT2D eigenvalue weighted by molar-refractivity contribution is -0.120. The van der Waals surface area contributed by atoms with Crippen LogP contribution in [0.2, 0.25) is 0 Å². The molecule has 0 saturated heterocycles. The number of amides is 1. The average molecular weight is 353 g/mol. The molecule has 0 radical (unpaired) electrons. The van der Waals surface area contributed by atoms with Crippen LogP contribution < -0.4 is 5.32 Å². The fourth-order valence-corrected chi connectivity index (χ4v) is 3.20. The van der Waals surface area contributed by atoms with E-state index in [4.69, 9.17) is 4.52 Å². The van der Waals surface area contributed by atoms with E-state index in [9.17, 15) is 4.79 Å². The van der Waals surface area contributed by atoms with Gasteiger partial charge in [-0.3, -0.25) is 4.79 Å². The van der Waals surface area contributed by atoms with E-state index < -0.39 is 0 Å². The first-order valence-electron chi connectivity index (χ1n) is 8.01. The highest BCUT2D eigenvalue weighted by atomic mass is 32.2. The normalized spacial score (nSPS) is 11.9. The predicted molar refractivity (Wildman–Crippen MR) is 98.1 cm³/mol. The third kappa shape index (κ3) is 4.70. The second kappa shape index (κ2) is 7.98. The average Bonchev–Trinajstić information content (AvgIpc) is 3.09. The van der Waals surface area contributed by atoms with E-state index in [2.05, 4.69) is 15.5 Å². The molecule has 0 bridgehead atoms. The Kier molecular flexibility index (Phi) is 5.50.